The van der Waals surface area contributed by atoms with Gasteiger partial charge in [0, 0.05) is 22.5 Å². The molecule has 0 radical (unpaired) electrons. The Kier molecular flexibility index (Phi) is 9.58. The van der Waals surface area contributed by atoms with Crippen molar-refractivity contribution in [2.45, 2.75) is 84.0 Å². The van der Waals surface area contributed by atoms with Gasteiger partial charge in [0.25, 0.3) is 6.71 Å². The number of ether oxygens (including phenoxy) is 1. The number of hydrogen-bond donors (Lipinski definition) is 0. The Morgan fingerprint density at radius 1 is 0.364 bits per heavy atom. The Bertz CT molecular complexity index is 5390. The molecule has 2 heterocycles. The molecule has 2 nitrogen and oxygen atoms in total. The first-order chi connectivity index (χ1) is 48.7. The van der Waals surface area contributed by atoms with E-state index in [2.05, 4.69) is 146 Å². The van der Waals surface area contributed by atoms with E-state index in [0.29, 0.717) is 56.1 Å². The van der Waals surface area contributed by atoms with Crippen molar-refractivity contribution in [3.63, 3.8) is 0 Å². The Morgan fingerprint density at radius 3 is 1.45 bits per heavy atom. The Morgan fingerprint density at radius 2 is 0.852 bits per heavy atom. The molecule has 12 aromatic rings. The standard InChI is InChI=1S/C85H72BNO/c1-82(2,3)64-46-60(47-65(52-64)83(4,5)6)61-49-76-80-78(51-61)88-77-50-58(55-28-15-10-16-29-55)42-45-74(77)86(80)73-44-43-59(48-75(73)87(76)81-70(56-30-17-11-18-31-56)53-66(84(7,8)9)54-71(81)57-32-19-12-20-33-57)67-39-27-40-69-68-38-25-26-41-72(68)85(79(67)69,62-34-21-13-22-35-62)63-36-23-14-24-37-63/h10-54H,1-9H3/i10D,13D,14D,15D,16D,21D,22D,23D,24D,28D,29D,34D,35D,36D,37D. The van der Waals surface area contributed by atoms with E-state index in [1.165, 1.54) is 0 Å². The van der Waals surface area contributed by atoms with Gasteiger partial charge in [0.05, 0.1) is 31.7 Å². The van der Waals surface area contributed by atoms with Crippen molar-refractivity contribution in [2.24, 2.45) is 0 Å². The van der Waals surface area contributed by atoms with Crippen LogP contribution in [0.5, 0.6) is 11.5 Å². The second-order valence-corrected chi connectivity index (χ2v) is 26.5. The summed E-state index contributed by atoms with van der Waals surface area (Å²) < 4.78 is 147. The fraction of sp³-hybridized carbons (Fsp3) is 0.153. The minimum atomic E-state index is -2.18. The van der Waals surface area contributed by atoms with Gasteiger partial charge >= 0.3 is 0 Å². The molecule has 0 N–H and O–H groups in total. The van der Waals surface area contributed by atoms with E-state index in [0.717, 1.165) is 77.8 Å². The Labute approximate surface area is 542 Å². The smallest absolute Gasteiger partial charge is 0.256 e. The predicted octanol–water partition coefficient (Wildman–Crippen LogP) is 20.7. The highest BCUT2D eigenvalue weighted by atomic mass is 16.5. The molecule has 3 heteroatoms. The lowest BCUT2D eigenvalue weighted by atomic mass is 9.34. The SMILES string of the molecule is [2H]c1c([2H])c([2H])c(-c2ccc3c(c2)Oc2cc(-c4cc(C(C)(C)C)cc(C(C)(C)C)c4)cc4c2B3c2ccc(-c3cccc5c3C(c3c([2H])c([2H])c([2H])c([2H])c3[2H])(c3c([2H])c([2H])c([2H])c([2H])c3[2H])c3ccccc3-5)cc2N4c2c(-c3ccccc3)cc(C(C)(C)C)cc2-c2ccccc2)c([2H])c1[2H]. The van der Waals surface area contributed by atoms with Crippen molar-refractivity contribution in [2.75, 3.05) is 4.90 Å². The van der Waals surface area contributed by atoms with Gasteiger partial charge < -0.3 is 9.64 Å². The zero-order valence-corrected chi connectivity index (χ0v) is 50.8. The van der Waals surface area contributed by atoms with Crippen LogP contribution in [0.3, 0.4) is 0 Å². The zero-order valence-electron chi connectivity index (χ0n) is 65.8. The fourth-order valence-electron chi connectivity index (χ4n) is 13.6. The third-order valence-electron chi connectivity index (χ3n) is 18.1. The Hall–Kier alpha value is -9.70. The summed E-state index contributed by atoms with van der Waals surface area (Å²) in [6.07, 6.45) is 0. The molecule has 0 aromatic heterocycles. The summed E-state index contributed by atoms with van der Waals surface area (Å²) in [5.41, 5.74) is 13.0. The van der Waals surface area contributed by atoms with E-state index in [9.17, 15) is 13.7 Å². The molecular formula is C85H72BNO. The van der Waals surface area contributed by atoms with Gasteiger partial charge in [0.2, 0.25) is 0 Å². The molecule has 0 bridgehead atoms. The molecule has 0 unspecified atom stereocenters. The zero-order chi connectivity index (χ0) is 73.3. The van der Waals surface area contributed by atoms with Crippen LogP contribution in [0.2, 0.25) is 0 Å². The second-order valence-electron chi connectivity index (χ2n) is 26.5. The average Bonchev–Trinajstić information content (AvgIpc) is 1.49. The summed E-state index contributed by atoms with van der Waals surface area (Å²) in [6.45, 7) is 19.2. The fourth-order valence-corrected chi connectivity index (χ4v) is 13.6. The lowest BCUT2D eigenvalue weighted by molar-refractivity contribution is 0.488. The highest BCUT2D eigenvalue weighted by Gasteiger charge is 2.49. The molecule has 0 fully saturated rings. The van der Waals surface area contributed by atoms with Crippen LogP contribution in [-0.4, -0.2) is 6.71 Å². The van der Waals surface area contributed by atoms with Gasteiger partial charge in [-0.2, -0.15) is 0 Å². The van der Waals surface area contributed by atoms with Gasteiger partial charge in [0.15, 0.2) is 0 Å². The van der Waals surface area contributed by atoms with Crippen LogP contribution < -0.4 is 26.0 Å². The van der Waals surface area contributed by atoms with Gasteiger partial charge in [-0.15, -0.1) is 0 Å². The largest absolute Gasteiger partial charge is 0.458 e. The highest BCUT2D eigenvalue weighted by Crippen LogP contribution is 2.60. The summed E-state index contributed by atoms with van der Waals surface area (Å²) in [5, 5.41) is 0. The van der Waals surface area contributed by atoms with Crippen molar-refractivity contribution in [3.8, 4) is 78.3 Å². The van der Waals surface area contributed by atoms with Crippen molar-refractivity contribution < 1.29 is 25.3 Å². The van der Waals surface area contributed by atoms with Crippen molar-refractivity contribution in [3.05, 3.63) is 312 Å². The van der Waals surface area contributed by atoms with Crippen molar-refractivity contribution >= 4 is 40.2 Å². The van der Waals surface area contributed by atoms with E-state index in [-0.39, 0.29) is 45.0 Å². The van der Waals surface area contributed by atoms with Gasteiger partial charge in [-0.3, -0.25) is 0 Å². The molecule has 0 amide bonds. The summed E-state index contributed by atoms with van der Waals surface area (Å²) in [5.74, 6) is 0.924. The van der Waals surface area contributed by atoms with Gasteiger partial charge in [-0.1, -0.05) is 299 Å². The first-order valence-electron chi connectivity index (χ1n) is 37.6. The van der Waals surface area contributed by atoms with Crippen LogP contribution in [0.4, 0.5) is 17.1 Å². The van der Waals surface area contributed by atoms with Crippen molar-refractivity contribution in [1.29, 1.82) is 0 Å². The lowest BCUT2D eigenvalue weighted by Crippen LogP contribution is -2.59. The minimum absolute atomic E-state index is 0.0210. The van der Waals surface area contributed by atoms with Gasteiger partial charge in [0.1, 0.15) is 11.5 Å². The third kappa shape index (κ3) is 9.00. The van der Waals surface area contributed by atoms with E-state index in [1.54, 1.807) is 24.3 Å². The molecule has 15 rings (SSSR count). The van der Waals surface area contributed by atoms with Crippen LogP contribution >= 0.6 is 0 Å². The minimum Gasteiger partial charge on any atom is -0.458 e. The number of benzene rings is 12. The van der Waals surface area contributed by atoms with Crippen LogP contribution in [0.25, 0.3) is 66.8 Å². The van der Waals surface area contributed by atoms with Gasteiger partial charge in [-0.25, -0.2) is 0 Å². The van der Waals surface area contributed by atoms with Gasteiger partial charge in [-0.05, 0) is 164 Å². The summed E-state index contributed by atoms with van der Waals surface area (Å²) in [6, 6.07) is 52.3. The molecule has 2 aliphatic heterocycles. The maximum atomic E-state index is 9.99. The number of anilines is 3. The molecule has 88 heavy (non-hydrogen) atoms. The maximum Gasteiger partial charge on any atom is 0.256 e. The van der Waals surface area contributed by atoms with Crippen LogP contribution in [0.1, 0.15) is 122 Å². The second kappa shape index (κ2) is 20.7. The molecule has 0 saturated heterocycles. The highest BCUT2D eigenvalue weighted by molar-refractivity contribution is 6.99. The lowest BCUT2D eigenvalue weighted by Gasteiger charge is -2.42. The van der Waals surface area contributed by atoms with E-state index in [1.807, 2.05) is 78.9 Å². The van der Waals surface area contributed by atoms with E-state index >= 15 is 0 Å². The number of fused-ring (bicyclic) bond motifs is 7. The summed E-state index contributed by atoms with van der Waals surface area (Å²) in [7, 11) is 0. The molecule has 0 saturated carbocycles. The molecule has 3 aliphatic rings. The van der Waals surface area contributed by atoms with E-state index in [4.69, 9.17) is 11.6 Å². The maximum absolute atomic E-state index is 9.99. The van der Waals surface area contributed by atoms with Crippen LogP contribution in [0.15, 0.2) is 273 Å². The Balaban J connectivity index is 1.13. The molecular weight excluding hydrogens is 1060 g/mol. The molecule has 12 aromatic carbocycles. The summed E-state index contributed by atoms with van der Waals surface area (Å²) in [4.78, 5) is 2.35. The molecule has 0 spiro atoms. The number of hydrogen-bond acceptors (Lipinski definition) is 2. The number of rotatable bonds is 8. The summed E-state index contributed by atoms with van der Waals surface area (Å²) >= 11 is 0. The van der Waals surface area contributed by atoms with Crippen LogP contribution in [-0.2, 0) is 21.7 Å². The monoisotopic (exact) mass is 1150 g/mol. The molecule has 1 aliphatic carbocycles. The molecule has 426 valence electrons. The van der Waals surface area contributed by atoms with E-state index < -0.39 is 90.7 Å². The normalized spacial score (nSPS) is 16.0. The van der Waals surface area contributed by atoms with Crippen LogP contribution in [0, 0.1) is 0 Å². The first-order valence-corrected chi connectivity index (χ1v) is 30.1. The van der Waals surface area contributed by atoms with Crippen molar-refractivity contribution in [1.82, 2.24) is 0 Å². The third-order valence-corrected chi connectivity index (χ3v) is 18.1. The topological polar surface area (TPSA) is 12.5 Å². The quantitative estimate of drug-likeness (QED) is 0.141. The number of nitrogens with zero attached hydrogens (tertiary/aromatic N) is 1. The first kappa shape index (κ1) is 40.6. The average molecular weight is 1150 g/mol. The molecule has 0 atom stereocenters. The predicted molar refractivity (Wildman–Crippen MR) is 373 cm³/mol.